The lowest BCUT2D eigenvalue weighted by molar-refractivity contribution is 0.0108. The largest absolute Gasteiger partial charge is 0.379 e. The molecule has 1 aliphatic carbocycles. The van der Waals surface area contributed by atoms with E-state index >= 15 is 0 Å². The van der Waals surface area contributed by atoms with Crippen molar-refractivity contribution in [3.63, 3.8) is 0 Å². The van der Waals surface area contributed by atoms with Crippen LogP contribution in [0.2, 0.25) is 0 Å². The lowest BCUT2D eigenvalue weighted by Crippen LogP contribution is -2.41. The first-order chi connectivity index (χ1) is 9.57. The average molecular weight is 275 g/mol. The molecule has 112 valence electrons. The molecule has 2 heteroatoms. The molecule has 2 unspecified atom stereocenters. The van der Waals surface area contributed by atoms with Crippen LogP contribution in [-0.2, 0) is 11.2 Å². The second kappa shape index (κ2) is 6.73. The predicted octanol–water partition coefficient (Wildman–Crippen LogP) is 3.90. The van der Waals surface area contributed by atoms with Crippen LogP contribution in [-0.4, -0.2) is 25.3 Å². The third-order valence-corrected chi connectivity index (χ3v) is 4.65. The SMILES string of the molecule is CCCNC(CCC(C)(C)OC)C1Cc2ccccc21. The van der Waals surface area contributed by atoms with Crippen LogP contribution in [0.1, 0.15) is 57.1 Å². The number of hydrogen-bond donors (Lipinski definition) is 1. The van der Waals surface area contributed by atoms with Gasteiger partial charge in [-0.1, -0.05) is 31.2 Å². The number of fused-ring (bicyclic) bond motifs is 1. The molecular weight excluding hydrogens is 246 g/mol. The Balaban J connectivity index is 1.98. The van der Waals surface area contributed by atoms with E-state index in [0.717, 1.165) is 13.0 Å². The molecule has 0 aliphatic heterocycles. The minimum absolute atomic E-state index is 0.0184. The first-order valence-corrected chi connectivity index (χ1v) is 7.93. The Bertz CT molecular complexity index is 427. The molecule has 1 N–H and O–H groups in total. The molecule has 2 nitrogen and oxygen atoms in total. The number of methoxy groups -OCH3 is 1. The molecule has 2 atom stereocenters. The number of hydrogen-bond acceptors (Lipinski definition) is 2. The molecule has 1 aliphatic rings. The summed E-state index contributed by atoms with van der Waals surface area (Å²) in [5.41, 5.74) is 3.07. The summed E-state index contributed by atoms with van der Waals surface area (Å²) in [7, 11) is 1.81. The minimum Gasteiger partial charge on any atom is -0.379 e. The van der Waals surface area contributed by atoms with Gasteiger partial charge < -0.3 is 10.1 Å². The van der Waals surface area contributed by atoms with Gasteiger partial charge in [0, 0.05) is 19.1 Å². The fourth-order valence-corrected chi connectivity index (χ4v) is 3.04. The Morgan fingerprint density at radius 1 is 1.35 bits per heavy atom. The van der Waals surface area contributed by atoms with Crippen LogP contribution in [0.5, 0.6) is 0 Å². The van der Waals surface area contributed by atoms with Crippen molar-refractivity contribution in [2.45, 2.75) is 64.0 Å². The van der Waals surface area contributed by atoms with Gasteiger partial charge in [-0.3, -0.25) is 0 Å². The van der Waals surface area contributed by atoms with E-state index in [2.05, 4.69) is 50.4 Å². The van der Waals surface area contributed by atoms with Crippen LogP contribution < -0.4 is 5.32 Å². The van der Waals surface area contributed by atoms with Crippen molar-refractivity contribution in [2.75, 3.05) is 13.7 Å². The van der Waals surface area contributed by atoms with Crippen molar-refractivity contribution in [3.8, 4) is 0 Å². The van der Waals surface area contributed by atoms with Gasteiger partial charge in [-0.2, -0.15) is 0 Å². The van der Waals surface area contributed by atoms with Crippen molar-refractivity contribution in [1.82, 2.24) is 5.32 Å². The maximum absolute atomic E-state index is 5.57. The Morgan fingerprint density at radius 2 is 2.10 bits per heavy atom. The van der Waals surface area contributed by atoms with Crippen LogP contribution >= 0.6 is 0 Å². The van der Waals surface area contributed by atoms with E-state index in [0.29, 0.717) is 12.0 Å². The number of rotatable bonds is 8. The second-order valence-corrected chi connectivity index (χ2v) is 6.57. The molecule has 1 aromatic carbocycles. The molecule has 0 radical (unpaired) electrons. The van der Waals surface area contributed by atoms with E-state index in [4.69, 9.17) is 4.74 Å². The van der Waals surface area contributed by atoms with Crippen LogP contribution in [0.15, 0.2) is 24.3 Å². The van der Waals surface area contributed by atoms with Gasteiger partial charge in [0.25, 0.3) is 0 Å². The van der Waals surface area contributed by atoms with Gasteiger partial charge in [-0.15, -0.1) is 0 Å². The van der Waals surface area contributed by atoms with Gasteiger partial charge in [0.1, 0.15) is 0 Å². The summed E-state index contributed by atoms with van der Waals surface area (Å²) in [5, 5.41) is 3.75. The first kappa shape index (κ1) is 15.5. The highest BCUT2D eigenvalue weighted by atomic mass is 16.5. The Morgan fingerprint density at radius 3 is 2.75 bits per heavy atom. The molecular formula is C18H29NO. The lowest BCUT2D eigenvalue weighted by atomic mass is 9.72. The van der Waals surface area contributed by atoms with Gasteiger partial charge in [0.2, 0.25) is 0 Å². The monoisotopic (exact) mass is 275 g/mol. The molecule has 0 spiro atoms. The van der Waals surface area contributed by atoms with Crippen molar-refractivity contribution >= 4 is 0 Å². The van der Waals surface area contributed by atoms with Crippen molar-refractivity contribution in [3.05, 3.63) is 35.4 Å². The Labute approximate surface area is 123 Å². The summed E-state index contributed by atoms with van der Waals surface area (Å²) in [4.78, 5) is 0. The van der Waals surface area contributed by atoms with Gasteiger partial charge in [0.05, 0.1) is 5.60 Å². The van der Waals surface area contributed by atoms with Crippen LogP contribution in [0, 0.1) is 0 Å². The molecule has 0 fully saturated rings. The third-order valence-electron chi connectivity index (χ3n) is 4.65. The highest BCUT2D eigenvalue weighted by Gasteiger charge is 2.33. The summed E-state index contributed by atoms with van der Waals surface area (Å²) in [5.74, 6) is 0.686. The Hall–Kier alpha value is -0.860. The van der Waals surface area contributed by atoms with E-state index in [1.807, 2.05) is 7.11 Å². The third kappa shape index (κ3) is 3.62. The van der Waals surface area contributed by atoms with E-state index in [1.165, 1.54) is 24.8 Å². The summed E-state index contributed by atoms with van der Waals surface area (Å²) in [6.07, 6.45) is 4.70. The summed E-state index contributed by atoms with van der Waals surface area (Å²) >= 11 is 0. The molecule has 1 aromatic rings. The van der Waals surface area contributed by atoms with Gasteiger partial charge in [0.15, 0.2) is 0 Å². The zero-order valence-corrected chi connectivity index (χ0v) is 13.4. The number of benzene rings is 1. The summed E-state index contributed by atoms with van der Waals surface area (Å²) in [6.45, 7) is 7.70. The predicted molar refractivity (Wildman–Crippen MR) is 85.3 cm³/mol. The van der Waals surface area contributed by atoms with E-state index in [9.17, 15) is 0 Å². The molecule has 0 saturated carbocycles. The molecule has 0 aromatic heterocycles. The fraction of sp³-hybridized carbons (Fsp3) is 0.667. The maximum Gasteiger partial charge on any atom is 0.0623 e. The molecule has 20 heavy (non-hydrogen) atoms. The second-order valence-electron chi connectivity index (χ2n) is 6.57. The van der Waals surface area contributed by atoms with Crippen LogP contribution in [0.4, 0.5) is 0 Å². The van der Waals surface area contributed by atoms with E-state index < -0.39 is 0 Å². The minimum atomic E-state index is -0.0184. The molecule has 0 bridgehead atoms. The van der Waals surface area contributed by atoms with Crippen LogP contribution in [0.25, 0.3) is 0 Å². The normalized spacial score (nSPS) is 19.3. The highest BCUT2D eigenvalue weighted by molar-refractivity contribution is 5.41. The van der Waals surface area contributed by atoms with E-state index in [-0.39, 0.29) is 5.60 Å². The van der Waals surface area contributed by atoms with Gasteiger partial charge >= 0.3 is 0 Å². The molecule has 0 amide bonds. The van der Waals surface area contributed by atoms with E-state index in [1.54, 1.807) is 5.56 Å². The molecule has 2 rings (SSSR count). The average Bonchev–Trinajstić information content (AvgIpc) is 2.42. The van der Waals surface area contributed by atoms with Crippen molar-refractivity contribution in [1.29, 1.82) is 0 Å². The molecule has 0 heterocycles. The maximum atomic E-state index is 5.57. The molecule has 0 saturated heterocycles. The zero-order chi connectivity index (χ0) is 14.6. The van der Waals surface area contributed by atoms with Crippen molar-refractivity contribution < 1.29 is 4.74 Å². The number of ether oxygens (including phenoxy) is 1. The topological polar surface area (TPSA) is 21.3 Å². The Kier molecular flexibility index (Phi) is 5.22. The van der Waals surface area contributed by atoms with Crippen molar-refractivity contribution in [2.24, 2.45) is 0 Å². The smallest absolute Gasteiger partial charge is 0.0623 e. The quantitative estimate of drug-likeness (QED) is 0.777. The lowest BCUT2D eigenvalue weighted by Gasteiger charge is -2.38. The fourth-order valence-electron chi connectivity index (χ4n) is 3.04. The zero-order valence-electron chi connectivity index (χ0n) is 13.4. The van der Waals surface area contributed by atoms with Gasteiger partial charge in [-0.25, -0.2) is 0 Å². The summed E-state index contributed by atoms with van der Waals surface area (Å²) < 4.78 is 5.57. The standard InChI is InChI=1S/C18H29NO/c1-5-12-19-17(10-11-18(2,3)20-4)16-13-14-8-6-7-9-15(14)16/h6-9,16-17,19H,5,10-13H2,1-4H3. The summed E-state index contributed by atoms with van der Waals surface area (Å²) in [6, 6.07) is 9.46. The van der Waals surface area contributed by atoms with Gasteiger partial charge in [-0.05, 0) is 57.2 Å². The number of nitrogens with one attached hydrogen (secondary N) is 1. The first-order valence-electron chi connectivity index (χ1n) is 7.93. The highest BCUT2D eigenvalue weighted by Crippen LogP contribution is 2.39. The van der Waals surface area contributed by atoms with Crippen LogP contribution in [0.3, 0.4) is 0 Å².